The van der Waals surface area contributed by atoms with Crippen molar-refractivity contribution in [2.45, 2.75) is 13.0 Å². The summed E-state index contributed by atoms with van der Waals surface area (Å²) in [6, 6.07) is 7.64. The van der Waals surface area contributed by atoms with Crippen molar-refractivity contribution < 1.29 is 4.79 Å². The van der Waals surface area contributed by atoms with Gasteiger partial charge in [-0.3, -0.25) is 5.32 Å². The number of hydrogen-bond acceptors (Lipinski definition) is 3. The summed E-state index contributed by atoms with van der Waals surface area (Å²) in [4.78, 5) is 18.4. The Morgan fingerprint density at radius 2 is 2.00 bits per heavy atom. The number of amides is 2. The largest absolute Gasteiger partial charge is 0.331 e. The first-order valence-corrected chi connectivity index (χ1v) is 6.03. The Bertz CT molecular complexity index is 520. The molecule has 2 rings (SSSR count). The topological polar surface area (TPSA) is 81.8 Å². The summed E-state index contributed by atoms with van der Waals surface area (Å²) in [5, 5.41) is 8.48. The van der Waals surface area contributed by atoms with Crippen LogP contribution in [0, 0.1) is 0 Å². The molecule has 0 fully saturated rings. The fraction of sp³-hybridized carbons (Fsp3) is 0.231. The summed E-state index contributed by atoms with van der Waals surface area (Å²) >= 11 is 0. The zero-order valence-corrected chi connectivity index (χ0v) is 10.9. The van der Waals surface area contributed by atoms with Crippen molar-refractivity contribution in [1.29, 1.82) is 0 Å². The highest BCUT2D eigenvalue weighted by molar-refractivity contribution is 5.98. The highest BCUT2D eigenvalue weighted by Crippen LogP contribution is 2.15. The van der Waals surface area contributed by atoms with Gasteiger partial charge in [0.1, 0.15) is 0 Å². The number of benzene rings is 1. The van der Waals surface area contributed by atoms with Gasteiger partial charge in [-0.2, -0.15) is 0 Å². The number of carbonyl (C=O) groups is 1. The van der Waals surface area contributed by atoms with Gasteiger partial charge < -0.3 is 15.6 Å². The molecule has 0 aliphatic heterocycles. The molecule has 1 aromatic heterocycles. The number of hydrogen-bond donors (Lipinski definition) is 4. The first-order chi connectivity index (χ1) is 9.19. The average Bonchev–Trinajstić information content (AvgIpc) is 2.91. The highest BCUT2D eigenvalue weighted by Gasteiger charge is 2.05. The predicted octanol–water partition coefficient (Wildman–Crippen LogP) is 2.33. The van der Waals surface area contributed by atoms with E-state index >= 15 is 0 Å². The molecule has 1 unspecified atom stereocenters. The van der Waals surface area contributed by atoms with E-state index in [0.29, 0.717) is 5.95 Å². The number of rotatable bonds is 4. The van der Waals surface area contributed by atoms with Gasteiger partial charge in [-0.05, 0) is 31.7 Å². The van der Waals surface area contributed by atoms with Crippen LogP contribution in [0.5, 0.6) is 0 Å². The van der Waals surface area contributed by atoms with E-state index in [1.807, 2.05) is 31.3 Å². The lowest BCUT2D eigenvalue weighted by Gasteiger charge is -2.11. The molecule has 0 saturated carbocycles. The fourth-order valence-electron chi connectivity index (χ4n) is 1.63. The quantitative estimate of drug-likeness (QED) is 0.680. The number of imidazole rings is 1. The van der Waals surface area contributed by atoms with E-state index in [4.69, 9.17) is 0 Å². The third-order valence-electron chi connectivity index (χ3n) is 2.83. The van der Waals surface area contributed by atoms with Gasteiger partial charge in [0.2, 0.25) is 5.95 Å². The van der Waals surface area contributed by atoms with Gasteiger partial charge in [-0.25, -0.2) is 9.78 Å². The van der Waals surface area contributed by atoms with E-state index in [0.717, 1.165) is 5.69 Å². The lowest BCUT2D eigenvalue weighted by molar-refractivity contribution is 0.262. The summed E-state index contributed by atoms with van der Waals surface area (Å²) in [6.45, 7) is 2.08. The Balaban J connectivity index is 1.94. The molecular weight excluding hydrogens is 242 g/mol. The van der Waals surface area contributed by atoms with Crippen molar-refractivity contribution in [2.75, 3.05) is 17.7 Å². The van der Waals surface area contributed by atoms with E-state index in [-0.39, 0.29) is 12.1 Å². The number of carbonyl (C=O) groups excluding carboxylic acids is 1. The van der Waals surface area contributed by atoms with Crippen molar-refractivity contribution in [3.8, 4) is 0 Å². The molecule has 0 aliphatic rings. The number of anilines is 2. The van der Waals surface area contributed by atoms with Crippen LogP contribution in [-0.4, -0.2) is 23.0 Å². The van der Waals surface area contributed by atoms with Crippen molar-refractivity contribution in [3.63, 3.8) is 0 Å². The molecule has 2 amide bonds. The number of H-pyrrole nitrogens is 1. The molecule has 0 aliphatic carbocycles. The first kappa shape index (κ1) is 13.1. The minimum atomic E-state index is -0.329. The van der Waals surface area contributed by atoms with Crippen molar-refractivity contribution in [1.82, 2.24) is 15.3 Å². The predicted molar refractivity (Wildman–Crippen MR) is 75.1 cm³/mol. The molecule has 6 nitrogen and oxygen atoms in total. The zero-order valence-electron chi connectivity index (χ0n) is 10.9. The summed E-state index contributed by atoms with van der Waals surface area (Å²) < 4.78 is 0. The SMILES string of the molecule is CNC(C)c1ccc(NC(=O)Nc2ncc[nH]2)cc1. The lowest BCUT2D eigenvalue weighted by atomic mass is 10.1. The second-order valence-corrected chi connectivity index (χ2v) is 4.15. The second-order valence-electron chi connectivity index (χ2n) is 4.15. The van der Waals surface area contributed by atoms with Gasteiger partial charge in [-0.15, -0.1) is 0 Å². The van der Waals surface area contributed by atoms with E-state index in [9.17, 15) is 4.79 Å². The number of urea groups is 1. The number of nitrogens with zero attached hydrogens (tertiary/aromatic N) is 1. The van der Waals surface area contributed by atoms with Crippen LogP contribution in [0.4, 0.5) is 16.4 Å². The normalized spacial score (nSPS) is 11.9. The maximum atomic E-state index is 11.7. The van der Waals surface area contributed by atoms with E-state index in [1.165, 1.54) is 5.56 Å². The van der Waals surface area contributed by atoms with Gasteiger partial charge in [-0.1, -0.05) is 12.1 Å². The average molecular weight is 259 g/mol. The molecule has 1 atom stereocenters. The standard InChI is InChI=1S/C13H17N5O/c1-9(14-2)10-3-5-11(6-4-10)17-13(19)18-12-15-7-8-16-12/h3-9,14H,1-2H3,(H3,15,16,17,18,19). The molecule has 1 aromatic carbocycles. The smallest absolute Gasteiger partial charge is 0.326 e. The minimum Gasteiger partial charge on any atom is -0.331 e. The van der Waals surface area contributed by atoms with Crippen LogP contribution in [0.25, 0.3) is 0 Å². The van der Waals surface area contributed by atoms with Crippen LogP contribution in [-0.2, 0) is 0 Å². The van der Waals surface area contributed by atoms with Crippen LogP contribution in [0.1, 0.15) is 18.5 Å². The summed E-state index contributed by atoms with van der Waals surface area (Å²) in [5.74, 6) is 0.415. The second kappa shape index (κ2) is 6.01. The Hall–Kier alpha value is -2.34. The van der Waals surface area contributed by atoms with Crippen LogP contribution < -0.4 is 16.0 Å². The van der Waals surface area contributed by atoms with E-state index in [1.54, 1.807) is 12.4 Å². The third-order valence-corrected chi connectivity index (χ3v) is 2.83. The first-order valence-electron chi connectivity index (χ1n) is 6.03. The van der Waals surface area contributed by atoms with Gasteiger partial charge in [0, 0.05) is 24.1 Å². The molecule has 2 aromatic rings. The van der Waals surface area contributed by atoms with Crippen LogP contribution in [0.3, 0.4) is 0 Å². The van der Waals surface area contributed by atoms with Gasteiger partial charge >= 0.3 is 6.03 Å². The highest BCUT2D eigenvalue weighted by atomic mass is 16.2. The molecule has 100 valence electrons. The van der Waals surface area contributed by atoms with Crippen molar-refractivity contribution in [2.24, 2.45) is 0 Å². The fourth-order valence-corrected chi connectivity index (χ4v) is 1.63. The van der Waals surface area contributed by atoms with Gasteiger partial charge in [0.05, 0.1) is 0 Å². The molecule has 19 heavy (non-hydrogen) atoms. The van der Waals surface area contributed by atoms with Gasteiger partial charge in [0.25, 0.3) is 0 Å². The maximum Gasteiger partial charge on any atom is 0.326 e. The van der Waals surface area contributed by atoms with E-state index in [2.05, 4.69) is 32.8 Å². The van der Waals surface area contributed by atoms with Crippen LogP contribution in [0.15, 0.2) is 36.7 Å². The van der Waals surface area contributed by atoms with Crippen LogP contribution >= 0.6 is 0 Å². The number of nitrogens with one attached hydrogen (secondary N) is 4. The molecule has 0 radical (unpaired) electrons. The maximum absolute atomic E-state index is 11.7. The lowest BCUT2D eigenvalue weighted by Crippen LogP contribution is -2.20. The molecule has 0 spiro atoms. The van der Waals surface area contributed by atoms with E-state index < -0.39 is 0 Å². The monoisotopic (exact) mass is 259 g/mol. The Morgan fingerprint density at radius 1 is 1.26 bits per heavy atom. The molecular formula is C13H17N5O. The molecule has 6 heteroatoms. The Kier molecular flexibility index (Phi) is 4.15. The Morgan fingerprint density at radius 3 is 2.58 bits per heavy atom. The van der Waals surface area contributed by atoms with Crippen molar-refractivity contribution in [3.05, 3.63) is 42.2 Å². The zero-order chi connectivity index (χ0) is 13.7. The Labute approximate surface area is 111 Å². The molecule has 1 heterocycles. The summed E-state index contributed by atoms with van der Waals surface area (Å²) in [6.07, 6.45) is 3.22. The van der Waals surface area contributed by atoms with Gasteiger partial charge in [0.15, 0.2) is 0 Å². The van der Waals surface area contributed by atoms with Crippen molar-refractivity contribution >= 4 is 17.7 Å². The summed E-state index contributed by atoms with van der Waals surface area (Å²) in [5.41, 5.74) is 1.90. The minimum absolute atomic E-state index is 0.283. The number of aromatic nitrogens is 2. The third kappa shape index (κ3) is 3.56. The van der Waals surface area contributed by atoms with Crippen LogP contribution in [0.2, 0.25) is 0 Å². The number of aromatic amines is 1. The molecule has 4 N–H and O–H groups in total. The molecule has 0 saturated heterocycles. The summed E-state index contributed by atoms with van der Waals surface area (Å²) in [7, 11) is 1.91. The molecule has 0 bridgehead atoms.